The van der Waals surface area contributed by atoms with Crippen LogP contribution in [0, 0.1) is 0 Å². The highest BCUT2D eigenvalue weighted by Crippen LogP contribution is 2.28. The number of hydrogen-bond acceptors (Lipinski definition) is 4. The van der Waals surface area contributed by atoms with E-state index in [1.165, 1.54) is 6.07 Å². The third kappa shape index (κ3) is 7.34. The lowest BCUT2D eigenvalue weighted by atomic mass is 10.3. The third-order valence-electron chi connectivity index (χ3n) is 3.51. The second kappa shape index (κ2) is 9.82. The second-order valence-corrected chi connectivity index (χ2v) is 6.29. The van der Waals surface area contributed by atoms with E-state index >= 15 is 0 Å². The van der Waals surface area contributed by atoms with Crippen LogP contribution in [0.1, 0.15) is 25.8 Å². The number of aliphatic imine (C=N–C) groups is 1. The van der Waals surface area contributed by atoms with Gasteiger partial charge in [0.1, 0.15) is 11.6 Å². The molecule has 0 bridgehead atoms. The summed E-state index contributed by atoms with van der Waals surface area (Å²) in [6.45, 7) is 4.88. The number of nitrogens with two attached hydrogens (primary N) is 1. The lowest BCUT2D eigenvalue weighted by Gasteiger charge is -2.11. The van der Waals surface area contributed by atoms with Gasteiger partial charge < -0.3 is 21.1 Å². The Bertz CT molecular complexity index is 759. The number of anilines is 2. The Labute approximate surface area is 162 Å². The molecule has 0 amide bonds. The molecule has 0 fully saturated rings. The molecule has 0 saturated carbocycles. The molecular formula is C19H24F3N5O. The quantitative estimate of drug-likeness (QED) is 0.356. The van der Waals surface area contributed by atoms with Crippen molar-refractivity contribution in [2.75, 3.05) is 23.7 Å². The van der Waals surface area contributed by atoms with E-state index in [-0.39, 0.29) is 12.1 Å². The van der Waals surface area contributed by atoms with Gasteiger partial charge in [0.15, 0.2) is 5.96 Å². The van der Waals surface area contributed by atoms with Crippen molar-refractivity contribution in [2.45, 2.75) is 32.5 Å². The van der Waals surface area contributed by atoms with Crippen molar-refractivity contribution in [3.63, 3.8) is 0 Å². The molecule has 2 rings (SSSR count). The zero-order chi connectivity index (χ0) is 20.6. The van der Waals surface area contributed by atoms with Gasteiger partial charge in [0.25, 0.3) is 0 Å². The SMILES string of the molecule is CC(C)Oc1ccc(NC(N)=NCCCNc2ccc(C(F)(F)F)cn2)cc1. The lowest BCUT2D eigenvalue weighted by Crippen LogP contribution is -2.23. The standard InChI is InChI=1S/C19H24F3N5O/c1-13(2)28-16-7-5-15(6-8-16)27-18(23)25-11-3-10-24-17-9-4-14(12-26-17)19(20,21)22/h4-9,12-13H,3,10-11H2,1-2H3,(H,24,26)(H3,23,25,27). The predicted octanol–water partition coefficient (Wildman–Crippen LogP) is 4.12. The van der Waals surface area contributed by atoms with E-state index in [2.05, 4.69) is 20.6 Å². The minimum atomic E-state index is -4.38. The van der Waals surface area contributed by atoms with Crippen LogP contribution in [0.25, 0.3) is 0 Å². The molecule has 0 radical (unpaired) electrons. The molecule has 1 aromatic heterocycles. The molecule has 0 aliphatic heterocycles. The monoisotopic (exact) mass is 395 g/mol. The van der Waals surface area contributed by atoms with Crippen molar-refractivity contribution in [1.82, 2.24) is 4.98 Å². The van der Waals surface area contributed by atoms with Gasteiger partial charge in [-0.05, 0) is 56.7 Å². The number of guanidine groups is 1. The maximum absolute atomic E-state index is 12.5. The molecule has 1 aromatic carbocycles. The van der Waals surface area contributed by atoms with E-state index in [4.69, 9.17) is 10.5 Å². The van der Waals surface area contributed by atoms with Gasteiger partial charge in [-0.2, -0.15) is 13.2 Å². The van der Waals surface area contributed by atoms with E-state index in [1.54, 1.807) is 0 Å². The molecule has 2 aromatic rings. The number of benzene rings is 1. The molecule has 152 valence electrons. The fourth-order valence-corrected chi connectivity index (χ4v) is 2.24. The molecule has 4 N–H and O–H groups in total. The number of hydrogen-bond donors (Lipinski definition) is 3. The van der Waals surface area contributed by atoms with Gasteiger partial charge in [0, 0.05) is 25.0 Å². The first-order chi connectivity index (χ1) is 13.2. The Morgan fingerprint density at radius 2 is 1.89 bits per heavy atom. The summed E-state index contributed by atoms with van der Waals surface area (Å²) in [5.74, 6) is 1.44. The van der Waals surface area contributed by atoms with E-state index in [0.29, 0.717) is 25.3 Å². The first kappa shape index (κ1) is 21.3. The predicted molar refractivity (Wildman–Crippen MR) is 105 cm³/mol. The molecule has 0 unspecified atom stereocenters. The van der Waals surface area contributed by atoms with Gasteiger partial charge in [-0.15, -0.1) is 0 Å². The largest absolute Gasteiger partial charge is 0.491 e. The Balaban J connectivity index is 1.71. The number of halogens is 3. The minimum absolute atomic E-state index is 0.108. The molecule has 0 spiro atoms. The highest BCUT2D eigenvalue weighted by atomic mass is 19.4. The Morgan fingerprint density at radius 3 is 2.46 bits per heavy atom. The first-order valence-electron chi connectivity index (χ1n) is 8.85. The van der Waals surface area contributed by atoms with E-state index in [1.807, 2.05) is 38.1 Å². The topological polar surface area (TPSA) is 84.6 Å². The lowest BCUT2D eigenvalue weighted by molar-refractivity contribution is -0.137. The molecule has 9 heteroatoms. The van der Waals surface area contributed by atoms with Crippen molar-refractivity contribution in [1.29, 1.82) is 0 Å². The first-order valence-corrected chi connectivity index (χ1v) is 8.85. The van der Waals surface area contributed by atoms with Gasteiger partial charge in [0.05, 0.1) is 11.7 Å². The minimum Gasteiger partial charge on any atom is -0.491 e. The van der Waals surface area contributed by atoms with Crippen LogP contribution in [0.2, 0.25) is 0 Å². The summed E-state index contributed by atoms with van der Waals surface area (Å²) < 4.78 is 43.0. The van der Waals surface area contributed by atoms with E-state index < -0.39 is 11.7 Å². The van der Waals surface area contributed by atoms with Crippen LogP contribution in [0.4, 0.5) is 24.7 Å². The summed E-state index contributed by atoms with van der Waals surface area (Å²) in [6, 6.07) is 9.67. The summed E-state index contributed by atoms with van der Waals surface area (Å²) in [5, 5.41) is 5.93. The summed E-state index contributed by atoms with van der Waals surface area (Å²) in [5.41, 5.74) is 5.87. The fourth-order valence-electron chi connectivity index (χ4n) is 2.24. The van der Waals surface area contributed by atoms with E-state index in [0.717, 1.165) is 23.7 Å². The van der Waals surface area contributed by atoms with Gasteiger partial charge >= 0.3 is 6.18 Å². The smallest absolute Gasteiger partial charge is 0.417 e. The zero-order valence-corrected chi connectivity index (χ0v) is 15.8. The van der Waals surface area contributed by atoms with Crippen LogP contribution in [-0.4, -0.2) is 30.1 Å². The average Bonchev–Trinajstić information content (AvgIpc) is 2.62. The van der Waals surface area contributed by atoms with Gasteiger partial charge in [0.2, 0.25) is 0 Å². The summed E-state index contributed by atoms with van der Waals surface area (Å²) in [7, 11) is 0. The van der Waals surface area contributed by atoms with Gasteiger partial charge in [-0.3, -0.25) is 4.99 Å². The van der Waals surface area contributed by atoms with Crippen LogP contribution in [0.15, 0.2) is 47.6 Å². The summed E-state index contributed by atoms with van der Waals surface area (Å²) >= 11 is 0. The maximum Gasteiger partial charge on any atom is 0.417 e. The number of rotatable bonds is 8. The number of nitrogens with one attached hydrogen (secondary N) is 2. The molecule has 1 heterocycles. The Kier molecular flexibility index (Phi) is 7.48. The molecule has 0 aliphatic rings. The molecule has 0 atom stereocenters. The number of ether oxygens (including phenoxy) is 1. The van der Waals surface area contributed by atoms with Crippen molar-refractivity contribution in [3.8, 4) is 5.75 Å². The highest BCUT2D eigenvalue weighted by Gasteiger charge is 2.30. The zero-order valence-electron chi connectivity index (χ0n) is 15.8. The Hall–Kier alpha value is -2.97. The third-order valence-corrected chi connectivity index (χ3v) is 3.51. The van der Waals surface area contributed by atoms with Crippen LogP contribution >= 0.6 is 0 Å². The number of aromatic nitrogens is 1. The fraction of sp³-hybridized carbons (Fsp3) is 0.368. The van der Waals surface area contributed by atoms with Gasteiger partial charge in [-0.25, -0.2) is 4.98 Å². The summed E-state index contributed by atoms with van der Waals surface area (Å²) in [4.78, 5) is 7.96. The number of alkyl halides is 3. The van der Waals surface area contributed by atoms with Crippen molar-refractivity contribution < 1.29 is 17.9 Å². The van der Waals surface area contributed by atoms with Crippen molar-refractivity contribution in [2.24, 2.45) is 10.7 Å². The van der Waals surface area contributed by atoms with Crippen molar-refractivity contribution >= 4 is 17.5 Å². The maximum atomic E-state index is 12.5. The normalized spacial score (nSPS) is 12.1. The van der Waals surface area contributed by atoms with Crippen LogP contribution in [-0.2, 0) is 6.18 Å². The Morgan fingerprint density at radius 1 is 1.18 bits per heavy atom. The van der Waals surface area contributed by atoms with Crippen LogP contribution in [0.5, 0.6) is 5.75 Å². The molecule has 0 aliphatic carbocycles. The van der Waals surface area contributed by atoms with E-state index in [9.17, 15) is 13.2 Å². The van der Waals surface area contributed by atoms with Crippen LogP contribution < -0.4 is 21.1 Å². The summed E-state index contributed by atoms with van der Waals surface area (Å²) in [6.07, 6.45) is -2.82. The van der Waals surface area contributed by atoms with Crippen LogP contribution in [0.3, 0.4) is 0 Å². The number of pyridine rings is 1. The van der Waals surface area contributed by atoms with Gasteiger partial charge in [-0.1, -0.05) is 0 Å². The molecular weight excluding hydrogens is 371 g/mol. The second-order valence-electron chi connectivity index (χ2n) is 6.29. The molecule has 28 heavy (non-hydrogen) atoms. The van der Waals surface area contributed by atoms with Crippen molar-refractivity contribution in [3.05, 3.63) is 48.2 Å². The molecule has 0 saturated heterocycles. The average molecular weight is 395 g/mol. The highest BCUT2D eigenvalue weighted by molar-refractivity contribution is 5.92. The molecule has 6 nitrogen and oxygen atoms in total. The number of nitrogens with zero attached hydrogens (tertiary/aromatic N) is 2.